The van der Waals surface area contributed by atoms with E-state index in [-0.39, 0.29) is 4.75 Å². The molecular weight excluding hydrogens is 320 g/mol. The van der Waals surface area contributed by atoms with Crippen molar-refractivity contribution in [1.29, 1.82) is 0 Å². The fourth-order valence-electron chi connectivity index (χ4n) is 3.63. The van der Waals surface area contributed by atoms with Gasteiger partial charge in [0.1, 0.15) is 0 Å². The first-order chi connectivity index (χ1) is 11.4. The molecule has 6 heteroatoms. The molecule has 0 radical (unpaired) electrons. The first-order valence-corrected chi connectivity index (χ1v) is 10.8. The molecule has 0 amide bonds. The van der Waals surface area contributed by atoms with Crippen LogP contribution in [0.25, 0.3) is 0 Å². The van der Waals surface area contributed by atoms with Crippen LogP contribution < -0.4 is 10.6 Å². The van der Waals surface area contributed by atoms with Crippen molar-refractivity contribution in [2.45, 2.75) is 76.1 Å². The smallest absolute Gasteiger partial charge is 0.191 e. The van der Waals surface area contributed by atoms with Crippen molar-refractivity contribution in [3.05, 3.63) is 0 Å². The van der Waals surface area contributed by atoms with Gasteiger partial charge in [-0.2, -0.15) is 0 Å². The molecule has 0 aromatic rings. The summed E-state index contributed by atoms with van der Waals surface area (Å²) in [5, 5.41) is 6.86. The van der Waals surface area contributed by atoms with Gasteiger partial charge in [-0.15, -0.1) is 0 Å². The van der Waals surface area contributed by atoms with Gasteiger partial charge in [-0.3, -0.25) is 9.20 Å². The maximum atomic E-state index is 12.1. The molecule has 1 aliphatic carbocycles. The number of rotatable bonds is 5. The summed E-state index contributed by atoms with van der Waals surface area (Å²) in [5.41, 5.74) is 0. The van der Waals surface area contributed by atoms with Gasteiger partial charge < -0.3 is 15.5 Å². The lowest BCUT2D eigenvalue weighted by molar-refractivity contribution is 0.150. The zero-order valence-corrected chi connectivity index (χ0v) is 16.8. The van der Waals surface area contributed by atoms with Crippen LogP contribution in [0.3, 0.4) is 0 Å². The van der Waals surface area contributed by atoms with Gasteiger partial charge in [0.05, 0.1) is 0 Å². The predicted octanol–water partition coefficient (Wildman–Crippen LogP) is 2.11. The summed E-state index contributed by atoms with van der Waals surface area (Å²) in [6, 6.07) is 1.35. The second kappa shape index (κ2) is 9.18. The van der Waals surface area contributed by atoms with Gasteiger partial charge >= 0.3 is 0 Å². The molecule has 0 bridgehead atoms. The summed E-state index contributed by atoms with van der Waals surface area (Å²) in [6.45, 7) is 9.17. The lowest BCUT2D eigenvalue weighted by Crippen LogP contribution is -2.50. The van der Waals surface area contributed by atoms with Gasteiger partial charge in [-0.1, -0.05) is 12.8 Å². The molecule has 2 rings (SSSR count). The fraction of sp³-hybridized carbons (Fsp3) is 0.944. The Bertz CT molecular complexity index is 433. The van der Waals surface area contributed by atoms with Crippen LogP contribution in [0.5, 0.6) is 0 Å². The number of aliphatic imine (C=N–C) groups is 1. The molecule has 0 aromatic heterocycles. The highest BCUT2D eigenvalue weighted by atomic mass is 32.2. The van der Waals surface area contributed by atoms with Gasteiger partial charge in [-0.25, -0.2) is 0 Å². The molecule has 0 aromatic carbocycles. The van der Waals surface area contributed by atoms with Gasteiger partial charge in [0.25, 0.3) is 0 Å². The van der Waals surface area contributed by atoms with Crippen LogP contribution >= 0.6 is 0 Å². The van der Waals surface area contributed by atoms with Gasteiger partial charge in [0.15, 0.2) is 5.96 Å². The van der Waals surface area contributed by atoms with Crippen LogP contribution in [0.2, 0.25) is 0 Å². The van der Waals surface area contributed by atoms with Crippen LogP contribution in [0, 0.1) is 0 Å². The average molecular weight is 357 g/mol. The number of hydrogen-bond donors (Lipinski definition) is 2. The van der Waals surface area contributed by atoms with Crippen molar-refractivity contribution in [3.8, 4) is 0 Å². The molecule has 1 heterocycles. The first kappa shape index (κ1) is 19.7. The maximum absolute atomic E-state index is 12.1. The third-order valence-corrected chi connectivity index (χ3v) is 7.14. The van der Waals surface area contributed by atoms with E-state index in [9.17, 15) is 4.21 Å². The Kier molecular flexibility index (Phi) is 7.54. The lowest BCUT2D eigenvalue weighted by atomic mass is 10.0. The van der Waals surface area contributed by atoms with Crippen LogP contribution in [0.15, 0.2) is 4.99 Å². The van der Waals surface area contributed by atoms with E-state index < -0.39 is 10.8 Å². The molecule has 1 atom stereocenters. The molecule has 1 saturated heterocycles. The van der Waals surface area contributed by atoms with E-state index in [1.807, 2.05) is 27.8 Å². The van der Waals surface area contributed by atoms with E-state index in [0.29, 0.717) is 18.3 Å². The second-order valence-corrected chi connectivity index (χ2v) is 10.4. The Labute approximate surface area is 150 Å². The normalized spacial score (nSPS) is 23.4. The summed E-state index contributed by atoms with van der Waals surface area (Å²) in [7, 11) is 0.988. The minimum absolute atomic E-state index is 0.147. The Morgan fingerprint density at radius 3 is 2.33 bits per heavy atom. The molecule has 1 aliphatic heterocycles. The molecule has 0 spiro atoms. The van der Waals surface area contributed by atoms with E-state index in [1.165, 1.54) is 51.6 Å². The zero-order chi connectivity index (χ0) is 17.6. The number of guanidine groups is 1. The van der Waals surface area contributed by atoms with Gasteiger partial charge in [-0.05, 0) is 46.5 Å². The SMILES string of the molecule is CN=C(NCCS(=O)C(C)(C)C)NC1CCN(C2CCCC2)CC1. The topological polar surface area (TPSA) is 56.7 Å². The highest BCUT2D eigenvalue weighted by molar-refractivity contribution is 7.86. The molecular formula is C18H36N4OS. The van der Waals surface area contributed by atoms with E-state index in [4.69, 9.17) is 0 Å². The van der Waals surface area contributed by atoms with Crippen LogP contribution in [-0.2, 0) is 10.8 Å². The number of nitrogens with one attached hydrogen (secondary N) is 2. The minimum atomic E-state index is -0.821. The average Bonchev–Trinajstić information content (AvgIpc) is 3.08. The minimum Gasteiger partial charge on any atom is -0.355 e. The number of likely N-dealkylation sites (tertiary alicyclic amines) is 1. The van der Waals surface area contributed by atoms with Gasteiger partial charge in [0.2, 0.25) is 0 Å². The third kappa shape index (κ3) is 6.03. The summed E-state index contributed by atoms with van der Waals surface area (Å²) in [4.78, 5) is 7.01. The molecule has 5 nitrogen and oxygen atoms in total. The van der Waals surface area contributed by atoms with Crippen molar-refractivity contribution in [2.24, 2.45) is 4.99 Å². The lowest BCUT2D eigenvalue weighted by Gasteiger charge is -2.36. The molecule has 140 valence electrons. The highest BCUT2D eigenvalue weighted by Gasteiger charge is 2.27. The fourth-order valence-corrected chi connectivity index (χ4v) is 4.53. The standard InChI is InChI=1S/C18H36N4OS/c1-18(2,3)24(23)14-11-20-17(19-4)21-15-9-12-22(13-10-15)16-7-5-6-8-16/h15-16H,5-14H2,1-4H3,(H2,19,20,21). The van der Waals surface area contributed by atoms with Crippen LogP contribution in [-0.4, -0.2) is 64.3 Å². The van der Waals surface area contributed by atoms with Crippen molar-refractivity contribution >= 4 is 16.8 Å². The summed E-state index contributed by atoms with van der Waals surface area (Å²) >= 11 is 0. The van der Waals surface area contributed by atoms with Crippen molar-refractivity contribution in [1.82, 2.24) is 15.5 Å². The summed E-state index contributed by atoms with van der Waals surface area (Å²) in [6.07, 6.45) is 7.99. The molecule has 2 fully saturated rings. The zero-order valence-electron chi connectivity index (χ0n) is 15.9. The molecule has 1 saturated carbocycles. The first-order valence-electron chi connectivity index (χ1n) is 9.50. The van der Waals surface area contributed by atoms with Crippen molar-refractivity contribution in [3.63, 3.8) is 0 Å². The third-order valence-electron chi connectivity index (χ3n) is 5.20. The quantitative estimate of drug-likeness (QED) is 0.585. The van der Waals surface area contributed by atoms with Crippen LogP contribution in [0.4, 0.5) is 0 Å². The summed E-state index contributed by atoms with van der Waals surface area (Å²) in [5.74, 6) is 1.50. The van der Waals surface area contributed by atoms with Crippen molar-refractivity contribution in [2.75, 3.05) is 32.4 Å². The monoisotopic (exact) mass is 356 g/mol. The van der Waals surface area contributed by atoms with E-state index in [2.05, 4.69) is 20.5 Å². The van der Waals surface area contributed by atoms with Crippen molar-refractivity contribution < 1.29 is 4.21 Å². The molecule has 2 aliphatic rings. The Hall–Kier alpha value is -0.620. The van der Waals surface area contributed by atoms with Crippen LogP contribution in [0.1, 0.15) is 59.3 Å². The summed E-state index contributed by atoms with van der Waals surface area (Å²) < 4.78 is 11.9. The predicted molar refractivity (Wildman–Crippen MR) is 104 cm³/mol. The number of hydrogen-bond acceptors (Lipinski definition) is 3. The number of piperidine rings is 1. The maximum Gasteiger partial charge on any atom is 0.191 e. The highest BCUT2D eigenvalue weighted by Crippen LogP contribution is 2.26. The molecule has 1 unspecified atom stereocenters. The van der Waals surface area contributed by atoms with E-state index >= 15 is 0 Å². The van der Waals surface area contributed by atoms with E-state index in [1.54, 1.807) is 0 Å². The second-order valence-electron chi connectivity index (χ2n) is 8.05. The Morgan fingerprint density at radius 1 is 1.17 bits per heavy atom. The Morgan fingerprint density at radius 2 is 1.79 bits per heavy atom. The van der Waals surface area contributed by atoms with E-state index in [0.717, 1.165) is 12.0 Å². The molecule has 24 heavy (non-hydrogen) atoms. The number of nitrogens with zero attached hydrogens (tertiary/aromatic N) is 2. The molecule has 2 N–H and O–H groups in total. The Balaban J connectivity index is 1.67. The largest absolute Gasteiger partial charge is 0.355 e. The van der Waals surface area contributed by atoms with Gasteiger partial charge in [0, 0.05) is 60.1 Å².